The van der Waals surface area contributed by atoms with Crippen molar-refractivity contribution in [2.24, 2.45) is 0 Å². The minimum atomic E-state index is 0.320. The van der Waals surface area contributed by atoms with Crippen molar-refractivity contribution >= 4 is 17.4 Å². The summed E-state index contributed by atoms with van der Waals surface area (Å²) in [4.78, 5) is 1.62. The van der Waals surface area contributed by atoms with Crippen molar-refractivity contribution in [1.29, 1.82) is 0 Å². The van der Waals surface area contributed by atoms with Crippen LogP contribution in [0.25, 0.3) is 0 Å². The normalized spacial score (nSPS) is 9.56. The van der Waals surface area contributed by atoms with Gasteiger partial charge in [-0.1, -0.05) is 0 Å². The number of hydrogen-bond acceptors (Lipinski definition) is 3. The maximum atomic E-state index is 8.11. The number of aliphatic hydroxyl groups is 1. The Labute approximate surface area is 59.5 Å². The monoisotopic (exact) mass is 147 g/mol. The summed E-state index contributed by atoms with van der Waals surface area (Å²) in [5.41, 5.74) is 0. The summed E-state index contributed by atoms with van der Waals surface area (Å²) in [6.45, 7) is 0. The van der Waals surface area contributed by atoms with Crippen LogP contribution in [-0.4, -0.2) is 29.3 Å². The quantitative estimate of drug-likeness (QED) is 0.441. The highest BCUT2D eigenvalue weighted by Crippen LogP contribution is 1.85. The molecule has 9 heavy (non-hydrogen) atoms. The second-order valence-corrected chi connectivity index (χ2v) is 1.91. The van der Waals surface area contributed by atoms with Crippen LogP contribution in [0, 0.1) is 0 Å². The van der Waals surface area contributed by atoms with Gasteiger partial charge in [-0.2, -0.15) is 0 Å². The molecule has 0 fully saturated rings. The minimum absolute atomic E-state index is 0.320. The molecule has 0 aromatic rings. The highest BCUT2D eigenvalue weighted by molar-refractivity contribution is 7.80. The van der Waals surface area contributed by atoms with Crippen molar-refractivity contribution in [3.8, 4) is 0 Å². The molecule has 0 rings (SSSR count). The predicted octanol–water partition coefficient (Wildman–Crippen LogP) is 0.879. The summed E-state index contributed by atoms with van der Waals surface area (Å²) in [6, 6.07) is 0. The van der Waals surface area contributed by atoms with Crippen LogP contribution in [-0.2, 0) is 4.74 Å². The first-order valence-corrected chi connectivity index (χ1v) is 2.76. The van der Waals surface area contributed by atoms with E-state index in [0.717, 1.165) is 12.5 Å². The molecule has 0 aromatic heterocycles. The zero-order valence-electron chi connectivity index (χ0n) is 5.37. The Bertz CT molecular complexity index is 122. The van der Waals surface area contributed by atoms with Gasteiger partial charge < -0.3 is 14.7 Å². The first-order valence-electron chi connectivity index (χ1n) is 2.35. The molecule has 0 radical (unpaired) electrons. The highest BCUT2D eigenvalue weighted by Gasteiger charge is 1.93. The van der Waals surface area contributed by atoms with Gasteiger partial charge >= 0.3 is 0 Å². The first-order chi connectivity index (χ1) is 4.18. The number of ether oxygens (including phenoxy) is 1. The van der Waals surface area contributed by atoms with Crippen LogP contribution in [0.4, 0.5) is 0 Å². The van der Waals surface area contributed by atoms with Crippen LogP contribution in [0.15, 0.2) is 12.5 Å². The molecule has 4 heteroatoms. The molecule has 1 N–H and O–H groups in total. The van der Waals surface area contributed by atoms with E-state index < -0.39 is 0 Å². The molecule has 0 atom stereocenters. The summed E-state index contributed by atoms with van der Waals surface area (Å²) in [6.07, 6.45) is 1.90. The van der Waals surface area contributed by atoms with Crippen molar-refractivity contribution in [1.82, 2.24) is 4.90 Å². The fraction of sp³-hybridized carbons (Fsp3) is 0.400. The zero-order valence-corrected chi connectivity index (χ0v) is 6.18. The number of aliphatic hydroxyl groups excluding tert-OH is 1. The summed E-state index contributed by atoms with van der Waals surface area (Å²) in [5, 5.41) is 8.43. The van der Waals surface area contributed by atoms with Crippen molar-refractivity contribution in [3.05, 3.63) is 12.5 Å². The molecule has 52 valence electrons. The van der Waals surface area contributed by atoms with Crippen molar-refractivity contribution < 1.29 is 9.84 Å². The fourth-order valence-electron chi connectivity index (χ4n) is 0.194. The van der Waals surface area contributed by atoms with Crippen LogP contribution < -0.4 is 0 Å². The van der Waals surface area contributed by atoms with Crippen LogP contribution in [0.1, 0.15) is 0 Å². The van der Waals surface area contributed by atoms with E-state index in [2.05, 4.69) is 17.0 Å². The molecule has 0 amide bonds. The van der Waals surface area contributed by atoms with Gasteiger partial charge in [0, 0.05) is 14.1 Å². The average Bonchev–Trinajstić information content (AvgIpc) is 1.82. The summed E-state index contributed by atoms with van der Waals surface area (Å²) >= 11 is 4.68. The standard InChI is InChI=1S/C5H9NO2S/c1-6(2)5(9)8-4-3-7/h3-4,7H,1-2H3. The number of thiocarbonyl (C=S) groups is 1. The van der Waals surface area contributed by atoms with Crippen LogP contribution in [0.5, 0.6) is 0 Å². The van der Waals surface area contributed by atoms with Gasteiger partial charge in [0.15, 0.2) is 0 Å². The third-order valence-electron chi connectivity index (χ3n) is 0.595. The molecule has 0 unspecified atom stereocenters. The second kappa shape index (κ2) is 4.14. The van der Waals surface area contributed by atoms with Gasteiger partial charge in [0.1, 0.15) is 12.5 Å². The lowest BCUT2D eigenvalue weighted by Gasteiger charge is -2.10. The van der Waals surface area contributed by atoms with E-state index in [1.165, 1.54) is 0 Å². The highest BCUT2D eigenvalue weighted by atomic mass is 32.1. The lowest BCUT2D eigenvalue weighted by atomic mass is 10.9. The van der Waals surface area contributed by atoms with E-state index in [9.17, 15) is 0 Å². The van der Waals surface area contributed by atoms with E-state index in [1.54, 1.807) is 19.0 Å². The van der Waals surface area contributed by atoms with Crippen molar-refractivity contribution in [2.45, 2.75) is 0 Å². The van der Waals surface area contributed by atoms with Crippen LogP contribution in [0.2, 0.25) is 0 Å². The number of rotatable bonds is 1. The Hall–Kier alpha value is -0.770. The van der Waals surface area contributed by atoms with Crippen LogP contribution >= 0.6 is 12.2 Å². The van der Waals surface area contributed by atoms with E-state index in [1.807, 2.05) is 0 Å². The van der Waals surface area contributed by atoms with Crippen molar-refractivity contribution in [2.75, 3.05) is 14.1 Å². The summed E-state index contributed by atoms with van der Waals surface area (Å²) < 4.78 is 4.68. The molecule has 0 bridgehead atoms. The fourth-order valence-corrected chi connectivity index (χ4v) is 0.250. The summed E-state index contributed by atoms with van der Waals surface area (Å²) in [7, 11) is 3.51. The van der Waals surface area contributed by atoms with Gasteiger partial charge in [0.25, 0.3) is 5.17 Å². The molecule has 0 saturated heterocycles. The molecule has 0 aliphatic rings. The maximum absolute atomic E-state index is 8.11. The SMILES string of the molecule is CN(C)C(=S)OC=CO. The Balaban J connectivity index is 3.51. The van der Waals surface area contributed by atoms with Gasteiger partial charge in [0.2, 0.25) is 0 Å². The third kappa shape index (κ3) is 3.78. The van der Waals surface area contributed by atoms with Gasteiger partial charge in [-0.05, 0) is 12.2 Å². The molecule has 3 nitrogen and oxygen atoms in total. The Morgan fingerprint density at radius 3 is 2.56 bits per heavy atom. The number of hydrogen-bond donors (Lipinski definition) is 1. The topological polar surface area (TPSA) is 32.7 Å². The van der Waals surface area contributed by atoms with Crippen molar-refractivity contribution in [3.63, 3.8) is 0 Å². The first kappa shape index (κ1) is 8.23. The molecule has 0 heterocycles. The molecule has 0 spiro atoms. The van der Waals surface area contributed by atoms with Crippen LogP contribution in [0.3, 0.4) is 0 Å². The third-order valence-corrected chi connectivity index (χ3v) is 1.06. The molecule has 0 aliphatic carbocycles. The molecular formula is C5H9NO2S. The molecular weight excluding hydrogens is 138 g/mol. The zero-order chi connectivity index (χ0) is 7.28. The van der Waals surface area contributed by atoms with E-state index in [4.69, 9.17) is 5.11 Å². The number of nitrogens with zero attached hydrogens (tertiary/aromatic N) is 1. The largest absolute Gasteiger partial charge is 0.512 e. The predicted molar refractivity (Wildman–Crippen MR) is 39.1 cm³/mol. The Morgan fingerprint density at radius 1 is 1.67 bits per heavy atom. The second-order valence-electron chi connectivity index (χ2n) is 1.56. The van der Waals surface area contributed by atoms with Gasteiger partial charge in [-0.15, -0.1) is 0 Å². The van der Waals surface area contributed by atoms with Gasteiger partial charge in [0.05, 0.1) is 0 Å². The molecule has 0 saturated carbocycles. The smallest absolute Gasteiger partial charge is 0.263 e. The van der Waals surface area contributed by atoms with E-state index in [0.29, 0.717) is 5.17 Å². The van der Waals surface area contributed by atoms with Gasteiger partial charge in [-0.3, -0.25) is 0 Å². The Kier molecular flexibility index (Phi) is 3.79. The van der Waals surface area contributed by atoms with E-state index >= 15 is 0 Å². The summed E-state index contributed by atoms with van der Waals surface area (Å²) in [5.74, 6) is 0. The molecule has 0 aliphatic heterocycles. The average molecular weight is 147 g/mol. The Morgan fingerprint density at radius 2 is 2.22 bits per heavy atom. The lowest BCUT2D eigenvalue weighted by molar-refractivity contribution is 0.369. The molecule has 0 aromatic carbocycles. The minimum Gasteiger partial charge on any atom is -0.512 e. The van der Waals surface area contributed by atoms with Gasteiger partial charge in [-0.25, -0.2) is 0 Å². The maximum Gasteiger partial charge on any atom is 0.263 e. The van der Waals surface area contributed by atoms with E-state index in [-0.39, 0.29) is 0 Å². The lowest BCUT2D eigenvalue weighted by Crippen LogP contribution is -2.20.